The number of rotatable bonds is 2. The lowest BCUT2D eigenvalue weighted by Crippen LogP contribution is -2.35. The van der Waals surface area contributed by atoms with Crippen molar-refractivity contribution in [2.45, 2.75) is 59.3 Å². The molecule has 2 nitrogen and oxygen atoms in total. The lowest BCUT2D eigenvalue weighted by Gasteiger charge is -2.33. The Bertz CT molecular complexity index is 467. The minimum atomic E-state index is 0.0175. The second-order valence-electron chi connectivity index (χ2n) is 6.43. The molecule has 1 N–H and O–H groups in total. The van der Waals surface area contributed by atoms with E-state index in [1.807, 2.05) is 0 Å². The molecule has 1 aromatic carbocycles. The monoisotopic (exact) mass is 258 g/mol. The Balaban J connectivity index is 2.49. The van der Waals surface area contributed by atoms with E-state index in [1.165, 1.54) is 16.8 Å². The van der Waals surface area contributed by atoms with Gasteiger partial charge in [0.15, 0.2) is 0 Å². The number of hydrogen-bond acceptors (Lipinski definition) is 2. The van der Waals surface area contributed by atoms with Crippen molar-refractivity contribution in [1.29, 1.82) is 0 Å². The summed E-state index contributed by atoms with van der Waals surface area (Å²) in [7, 11) is 0. The van der Waals surface area contributed by atoms with Crippen LogP contribution in [-0.4, -0.2) is 16.5 Å². The van der Waals surface area contributed by atoms with E-state index in [9.17, 15) is 0 Å². The maximum Gasteiger partial charge on any atom is 0.106 e. The van der Waals surface area contributed by atoms with Gasteiger partial charge in [0.2, 0.25) is 0 Å². The largest absolute Gasteiger partial charge is 0.351 e. The van der Waals surface area contributed by atoms with Gasteiger partial charge >= 0.3 is 0 Å². The molecule has 1 heterocycles. The maximum atomic E-state index is 3.78. The van der Waals surface area contributed by atoms with Crippen molar-refractivity contribution in [3.05, 3.63) is 47.2 Å². The van der Waals surface area contributed by atoms with Crippen molar-refractivity contribution < 1.29 is 0 Å². The molecule has 1 saturated heterocycles. The summed E-state index contributed by atoms with van der Waals surface area (Å²) in [5.74, 6) is 0. The Labute approximate surface area is 117 Å². The van der Waals surface area contributed by atoms with Gasteiger partial charge in [0.1, 0.15) is 6.17 Å². The average molecular weight is 258 g/mol. The SMILES string of the molecule is CC(C)=C1N(C(C)C)C(c2ccccc2)NC1(C)C. The van der Waals surface area contributed by atoms with Crippen LogP contribution >= 0.6 is 0 Å². The first-order valence-electron chi connectivity index (χ1n) is 7.13. The van der Waals surface area contributed by atoms with Gasteiger partial charge in [-0.15, -0.1) is 0 Å². The number of nitrogens with one attached hydrogen (secondary N) is 1. The molecule has 1 fully saturated rings. The van der Waals surface area contributed by atoms with Crippen molar-refractivity contribution in [2.24, 2.45) is 0 Å². The van der Waals surface area contributed by atoms with Gasteiger partial charge in [-0.3, -0.25) is 5.32 Å². The summed E-state index contributed by atoms with van der Waals surface area (Å²) in [5.41, 5.74) is 4.17. The summed E-state index contributed by atoms with van der Waals surface area (Å²) in [6, 6.07) is 11.2. The second-order valence-corrected chi connectivity index (χ2v) is 6.43. The quantitative estimate of drug-likeness (QED) is 0.860. The van der Waals surface area contributed by atoms with Gasteiger partial charge in [-0.1, -0.05) is 35.9 Å². The molecule has 0 radical (unpaired) electrons. The fraction of sp³-hybridized carbons (Fsp3) is 0.529. The summed E-state index contributed by atoms with van der Waals surface area (Å²) >= 11 is 0. The molecule has 2 rings (SSSR count). The van der Waals surface area contributed by atoms with Crippen LogP contribution in [0.4, 0.5) is 0 Å². The number of benzene rings is 1. The highest BCUT2D eigenvalue weighted by Gasteiger charge is 2.43. The van der Waals surface area contributed by atoms with Crippen LogP contribution in [0, 0.1) is 0 Å². The summed E-state index contributed by atoms with van der Waals surface area (Å²) in [4.78, 5) is 2.52. The Morgan fingerprint density at radius 1 is 1.16 bits per heavy atom. The normalized spacial score (nSPS) is 22.2. The van der Waals surface area contributed by atoms with Crippen LogP contribution in [0.25, 0.3) is 0 Å². The molecule has 0 amide bonds. The summed E-state index contributed by atoms with van der Waals surface area (Å²) in [6.45, 7) is 13.5. The Kier molecular flexibility index (Phi) is 3.73. The minimum Gasteiger partial charge on any atom is -0.351 e. The van der Waals surface area contributed by atoms with Crippen LogP contribution in [0.1, 0.15) is 53.3 Å². The molecule has 0 spiro atoms. The summed E-state index contributed by atoms with van der Waals surface area (Å²) in [6.07, 6.45) is 0.265. The molecule has 19 heavy (non-hydrogen) atoms. The van der Waals surface area contributed by atoms with E-state index in [0.717, 1.165) is 0 Å². The molecular weight excluding hydrogens is 232 g/mol. The first kappa shape index (κ1) is 14.1. The van der Waals surface area contributed by atoms with Crippen molar-refractivity contribution in [1.82, 2.24) is 10.2 Å². The van der Waals surface area contributed by atoms with E-state index in [0.29, 0.717) is 6.04 Å². The van der Waals surface area contributed by atoms with Crippen molar-refractivity contribution in [2.75, 3.05) is 0 Å². The Morgan fingerprint density at radius 3 is 2.21 bits per heavy atom. The smallest absolute Gasteiger partial charge is 0.106 e. The fourth-order valence-corrected chi connectivity index (χ4v) is 3.25. The predicted molar refractivity (Wildman–Crippen MR) is 81.7 cm³/mol. The summed E-state index contributed by atoms with van der Waals surface area (Å²) < 4.78 is 0. The van der Waals surface area contributed by atoms with E-state index < -0.39 is 0 Å². The first-order valence-corrected chi connectivity index (χ1v) is 7.13. The van der Waals surface area contributed by atoms with Crippen LogP contribution in [-0.2, 0) is 0 Å². The maximum absolute atomic E-state index is 3.78. The number of nitrogens with zero attached hydrogens (tertiary/aromatic N) is 1. The van der Waals surface area contributed by atoms with E-state index in [2.05, 4.69) is 82.1 Å². The third-order valence-corrected chi connectivity index (χ3v) is 3.77. The standard InChI is InChI=1S/C17H26N2/c1-12(2)15-17(5,6)18-16(19(15)13(3)4)14-10-8-7-9-11-14/h7-11,13,16,18H,1-6H3. The minimum absolute atomic E-state index is 0.0175. The average Bonchev–Trinajstić information content (AvgIpc) is 2.62. The number of allylic oxidation sites excluding steroid dienone is 1. The second kappa shape index (κ2) is 5.01. The van der Waals surface area contributed by atoms with Crippen LogP contribution in [0.15, 0.2) is 41.6 Å². The van der Waals surface area contributed by atoms with Gasteiger partial charge in [-0.05, 0) is 47.1 Å². The van der Waals surface area contributed by atoms with Crippen molar-refractivity contribution >= 4 is 0 Å². The molecule has 2 heteroatoms. The predicted octanol–water partition coefficient (Wildman–Crippen LogP) is 4.07. The zero-order valence-electron chi connectivity index (χ0n) is 13.0. The molecule has 0 saturated carbocycles. The van der Waals surface area contributed by atoms with Crippen LogP contribution in [0.3, 0.4) is 0 Å². The van der Waals surface area contributed by atoms with Crippen LogP contribution in [0.2, 0.25) is 0 Å². The lowest BCUT2D eigenvalue weighted by atomic mass is 9.98. The fourth-order valence-electron chi connectivity index (χ4n) is 3.25. The first-order chi connectivity index (χ1) is 8.84. The molecule has 0 aromatic heterocycles. The molecule has 0 bridgehead atoms. The van der Waals surface area contributed by atoms with E-state index in [1.54, 1.807) is 0 Å². The van der Waals surface area contributed by atoms with Crippen molar-refractivity contribution in [3.63, 3.8) is 0 Å². The highest BCUT2D eigenvalue weighted by atomic mass is 15.4. The zero-order valence-corrected chi connectivity index (χ0v) is 13.0. The van der Waals surface area contributed by atoms with Gasteiger partial charge < -0.3 is 4.90 Å². The van der Waals surface area contributed by atoms with Gasteiger partial charge in [0.25, 0.3) is 0 Å². The van der Waals surface area contributed by atoms with Gasteiger partial charge in [0.05, 0.1) is 5.54 Å². The highest BCUT2D eigenvalue weighted by molar-refractivity contribution is 5.32. The highest BCUT2D eigenvalue weighted by Crippen LogP contribution is 2.40. The molecule has 1 atom stereocenters. The molecular formula is C17H26N2. The zero-order chi connectivity index (χ0) is 14.2. The van der Waals surface area contributed by atoms with Gasteiger partial charge in [0, 0.05) is 11.7 Å². The third-order valence-electron chi connectivity index (χ3n) is 3.77. The lowest BCUT2D eigenvalue weighted by molar-refractivity contribution is 0.227. The van der Waals surface area contributed by atoms with Gasteiger partial charge in [-0.25, -0.2) is 0 Å². The Hall–Kier alpha value is -1.28. The molecule has 104 valence electrons. The third kappa shape index (κ3) is 2.55. The molecule has 0 aliphatic carbocycles. The van der Waals surface area contributed by atoms with E-state index in [-0.39, 0.29) is 11.7 Å². The molecule has 1 aliphatic heterocycles. The van der Waals surface area contributed by atoms with Crippen LogP contribution in [0.5, 0.6) is 0 Å². The number of hydrogen-bond donors (Lipinski definition) is 1. The molecule has 1 aliphatic rings. The van der Waals surface area contributed by atoms with E-state index >= 15 is 0 Å². The molecule has 1 aromatic rings. The Morgan fingerprint density at radius 2 is 1.74 bits per heavy atom. The summed E-state index contributed by atoms with van der Waals surface area (Å²) in [5, 5.41) is 3.78. The van der Waals surface area contributed by atoms with E-state index in [4.69, 9.17) is 0 Å². The topological polar surface area (TPSA) is 15.3 Å². The molecule has 1 unspecified atom stereocenters. The van der Waals surface area contributed by atoms with Crippen LogP contribution < -0.4 is 5.32 Å². The van der Waals surface area contributed by atoms with Gasteiger partial charge in [-0.2, -0.15) is 0 Å². The van der Waals surface area contributed by atoms with Crippen molar-refractivity contribution in [3.8, 4) is 0 Å².